The van der Waals surface area contributed by atoms with Gasteiger partial charge in [-0.1, -0.05) is 25.0 Å². The van der Waals surface area contributed by atoms with Crippen molar-refractivity contribution in [2.45, 2.75) is 32.1 Å². The van der Waals surface area contributed by atoms with E-state index >= 15 is 0 Å². The van der Waals surface area contributed by atoms with Crippen molar-refractivity contribution in [1.29, 1.82) is 0 Å². The van der Waals surface area contributed by atoms with Crippen LogP contribution in [-0.4, -0.2) is 35.6 Å². The molecule has 1 saturated heterocycles. The maximum atomic E-state index is 10.8. The minimum absolute atomic E-state index is 0.373. The second kappa shape index (κ2) is 4.97. The number of aromatic carboxylic acids is 1. The van der Waals surface area contributed by atoms with Gasteiger partial charge in [-0.3, -0.25) is 0 Å². The molecule has 2 aliphatic rings. The molecule has 0 bridgehead atoms. The summed E-state index contributed by atoms with van der Waals surface area (Å²) in [5.74, 6) is -0.850. The van der Waals surface area contributed by atoms with Gasteiger partial charge in [0.2, 0.25) is 0 Å². The maximum Gasteiger partial charge on any atom is 0.335 e. The Labute approximate surface area is 114 Å². The third kappa shape index (κ3) is 2.66. The van der Waals surface area contributed by atoms with Gasteiger partial charge < -0.3 is 10.0 Å². The van der Waals surface area contributed by atoms with Crippen LogP contribution in [0.1, 0.15) is 41.6 Å². The van der Waals surface area contributed by atoms with Gasteiger partial charge in [-0.05, 0) is 42.4 Å². The molecule has 1 aromatic rings. The molecule has 0 radical (unpaired) electrons. The maximum absolute atomic E-state index is 10.8. The fraction of sp³-hybridized carbons (Fsp3) is 0.562. The Balaban J connectivity index is 1.47. The smallest absolute Gasteiger partial charge is 0.335 e. The number of likely N-dealkylation sites (tertiary alicyclic amines) is 1. The summed E-state index contributed by atoms with van der Waals surface area (Å²) >= 11 is 0. The van der Waals surface area contributed by atoms with Gasteiger partial charge in [-0.2, -0.15) is 0 Å². The lowest BCUT2D eigenvalue weighted by molar-refractivity contribution is 0.00731. The van der Waals surface area contributed by atoms with Crippen LogP contribution < -0.4 is 0 Å². The Hall–Kier alpha value is -1.35. The zero-order valence-corrected chi connectivity index (χ0v) is 11.3. The summed E-state index contributed by atoms with van der Waals surface area (Å²) in [5.41, 5.74) is 2.28. The molecule has 1 heterocycles. The number of hydrogen-bond acceptors (Lipinski definition) is 2. The van der Waals surface area contributed by atoms with Crippen LogP contribution >= 0.6 is 0 Å². The fourth-order valence-electron chi connectivity index (χ4n) is 3.60. The number of hydrogen-bond donors (Lipinski definition) is 1. The Morgan fingerprint density at radius 3 is 2.37 bits per heavy atom. The fourth-order valence-corrected chi connectivity index (χ4v) is 3.60. The lowest BCUT2D eigenvalue weighted by Crippen LogP contribution is -2.55. The highest BCUT2D eigenvalue weighted by Crippen LogP contribution is 2.45. The van der Waals surface area contributed by atoms with E-state index in [4.69, 9.17) is 5.11 Å². The van der Waals surface area contributed by atoms with Crippen molar-refractivity contribution in [3.05, 3.63) is 35.4 Å². The topological polar surface area (TPSA) is 40.5 Å². The predicted molar refractivity (Wildman–Crippen MR) is 74.4 cm³/mol. The molecule has 1 saturated carbocycles. The molecule has 1 aromatic carbocycles. The molecule has 1 aliphatic heterocycles. The van der Waals surface area contributed by atoms with Crippen LogP contribution in [0, 0.1) is 5.41 Å². The summed E-state index contributed by atoms with van der Waals surface area (Å²) in [5, 5.41) is 8.85. The van der Waals surface area contributed by atoms with E-state index in [0.717, 1.165) is 13.0 Å². The van der Waals surface area contributed by atoms with Crippen LogP contribution in [-0.2, 0) is 6.42 Å². The van der Waals surface area contributed by atoms with E-state index in [1.807, 2.05) is 12.1 Å². The van der Waals surface area contributed by atoms with Crippen LogP contribution in [0.5, 0.6) is 0 Å². The van der Waals surface area contributed by atoms with Gasteiger partial charge in [-0.15, -0.1) is 0 Å². The van der Waals surface area contributed by atoms with Gasteiger partial charge in [-0.25, -0.2) is 4.79 Å². The molecule has 0 amide bonds. The molecule has 1 N–H and O–H groups in total. The van der Waals surface area contributed by atoms with Crippen LogP contribution in [0.25, 0.3) is 0 Å². The van der Waals surface area contributed by atoms with Gasteiger partial charge in [0.25, 0.3) is 0 Å². The SMILES string of the molecule is O=C(O)c1ccc(CCN2CC3(CCCC3)C2)cc1. The summed E-state index contributed by atoms with van der Waals surface area (Å²) in [6.45, 7) is 3.66. The van der Waals surface area contributed by atoms with E-state index in [1.165, 1.54) is 44.3 Å². The van der Waals surface area contributed by atoms with E-state index < -0.39 is 5.97 Å². The second-order valence-electron chi connectivity index (χ2n) is 6.17. The number of carboxylic acids is 1. The number of nitrogens with zero attached hydrogens (tertiary/aromatic N) is 1. The summed E-state index contributed by atoms with van der Waals surface area (Å²) in [4.78, 5) is 13.3. The largest absolute Gasteiger partial charge is 0.478 e. The van der Waals surface area contributed by atoms with Crippen molar-refractivity contribution in [3.63, 3.8) is 0 Å². The van der Waals surface area contributed by atoms with E-state index in [0.29, 0.717) is 11.0 Å². The Morgan fingerprint density at radius 1 is 1.16 bits per heavy atom. The first kappa shape index (κ1) is 12.7. The first-order chi connectivity index (χ1) is 9.17. The van der Waals surface area contributed by atoms with E-state index in [-0.39, 0.29) is 0 Å². The molecule has 3 heteroatoms. The molecule has 3 rings (SSSR count). The quantitative estimate of drug-likeness (QED) is 0.904. The Bertz CT molecular complexity index is 452. The van der Waals surface area contributed by atoms with Crippen LogP contribution in [0.4, 0.5) is 0 Å². The first-order valence-corrected chi connectivity index (χ1v) is 7.22. The summed E-state index contributed by atoms with van der Waals surface area (Å²) in [6, 6.07) is 7.28. The number of carbonyl (C=O) groups is 1. The van der Waals surface area contributed by atoms with E-state index in [1.54, 1.807) is 12.1 Å². The molecule has 102 valence electrons. The standard InChI is InChI=1S/C16H21NO2/c18-15(19)14-5-3-13(4-6-14)7-10-17-11-16(12-17)8-1-2-9-16/h3-6H,1-2,7-12H2,(H,18,19). The van der Waals surface area contributed by atoms with E-state index in [9.17, 15) is 4.79 Å². The highest BCUT2D eigenvalue weighted by Gasteiger charge is 2.43. The summed E-state index contributed by atoms with van der Waals surface area (Å²) in [7, 11) is 0. The zero-order valence-electron chi connectivity index (χ0n) is 11.3. The minimum Gasteiger partial charge on any atom is -0.478 e. The Kier molecular flexibility index (Phi) is 3.31. The van der Waals surface area contributed by atoms with Gasteiger partial charge in [0.05, 0.1) is 5.56 Å². The second-order valence-corrected chi connectivity index (χ2v) is 6.17. The average Bonchev–Trinajstić information content (AvgIpc) is 2.85. The van der Waals surface area contributed by atoms with Crippen LogP contribution in [0.2, 0.25) is 0 Å². The van der Waals surface area contributed by atoms with Crippen LogP contribution in [0.3, 0.4) is 0 Å². The van der Waals surface area contributed by atoms with Crippen molar-refractivity contribution in [1.82, 2.24) is 4.90 Å². The van der Waals surface area contributed by atoms with Crippen molar-refractivity contribution < 1.29 is 9.90 Å². The minimum atomic E-state index is -0.850. The molecule has 0 aromatic heterocycles. The van der Waals surface area contributed by atoms with Crippen molar-refractivity contribution in [2.75, 3.05) is 19.6 Å². The third-order valence-corrected chi connectivity index (χ3v) is 4.70. The van der Waals surface area contributed by atoms with Gasteiger partial charge in [0.1, 0.15) is 0 Å². The average molecular weight is 259 g/mol. The number of benzene rings is 1. The number of carboxylic acid groups (broad SMARTS) is 1. The molecular weight excluding hydrogens is 238 g/mol. The summed E-state index contributed by atoms with van der Waals surface area (Å²) < 4.78 is 0. The van der Waals surface area contributed by atoms with Gasteiger partial charge in [0.15, 0.2) is 0 Å². The molecule has 2 fully saturated rings. The molecule has 1 aliphatic carbocycles. The molecule has 0 unspecified atom stereocenters. The first-order valence-electron chi connectivity index (χ1n) is 7.22. The Morgan fingerprint density at radius 2 is 1.79 bits per heavy atom. The third-order valence-electron chi connectivity index (χ3n) is 4.70. The monoisotopic (exact) mass is 259 g/mol. The lowest BCUT2D eigenvalue weighted by atomic mass is 9.78. The van der Waals surface area contributed by atoms with Gasteiger partial charge >= 0.3 is 5.97 Å². The normalized spacial score (nSPS) is 21.5. The summed E-state index contributed by atoms with van der Waals surface area (Å²) in [6.07, 6.45) is 6.72. The molecular formula is C16H21NO2. The highest BCUT2D eigenvalue weighted by molar-refractivity contribution is 5.87. The van der Waals surface area contributed by atoms with Crippen LogP contribution in [0.15, 0.2) is 24.3 Å². The molecule has 3 nitrogen and oxygen atoms in total. The zero-order chi connectivity index (χ0) is 13.3. The van der Waals surface area contributed by atoms with Crippen molar-refractivity contribution in [2.24, 2.45) is 5.41 Å². The predicted octanol–water partition coefficient (Wildman–Crippen LogP) is 2.80. The lowest BCUT2D eigenvalue weighted by Gasteiger charge is -2.48. The highest BCUT2D eigenvalue weighted by atomic mass is 16.4. The van der Waals surface area contributed by atoms with E-state index in [2.05, 4.69) is 4.90 Å². The van der Waals surface area contributed by atoms with Crippen molar-refractivity contribution >= 4 is 5.97 Å². The van der Waals surface area contributed by atoms with Crippen molar-refractivity contribution in [3.8, 4) is 0 Å². The van der Waals surface area contributed by atoms with Gasteiger partial charge in [0, 0.05) is 19.6 Å². The molecule has 1 spiro atoms. The number of rotatable bonds is 4. The molecule has 0 atom stereocenters. The molecule has 19 heavy (non-hydrogen) atoms.